The van der Waals surface area contributed by atoms with Gasteiger partial charge in [-0.05, 0) is 30.7 Å². The first-order chi connectivity index (χ1) is 8.61. The fourth-order valence-corrected chi connectivity index (χ4v) is 1.95. The molecule has 2 aromatic rings. The maximum absolute atomic E-state index is 12.9. The van der Waals surface area contributed by atoms with Crippen LogP contribution in [0, 0.1) is 12.7 Å². The van der Waals surface area contributed by atoms with E-state index in [9.17, 15) is 4.39 Å². The molecule has 1 atom stereocenters. The molecule has 0 aliphatic rings. The van der Waals surface area contributed by atoms with Crippen molar-refractivity contribution in [1.29, 1.82) is 0 Å². The highest BCUT2D eigenvalue weighted by Gasteiger charge is 2.14. The number of nitrogens with two attached hydrogens (primary N) is 1. The van der Waals surface area contributed by atoms with Crippen molar-refractivity contribution in [2.75, 3.05) is 7.11 Å². The van der Waals surface area contributed by atoms with E-state index in [0.717, 1.165) is 22.4 Å². The van der Waals surface area contributed by atoms with Gasteiger partial charge in [0.1, 0.15) is 11.6 Å². The lowest BCUT2D eigenvalue weighted by Crippen LogP contribution is -2.13. The van der Waals surface area contributed by atoms with Crippen LogP contribution < -0.4 is 10.5 Å². The van der Waals surface area contributed by atoms with E-state index in [-0.39, 0.29) is 11.9 Å². The predicted molar refractivity (Wildman–Crippen MR) is 70.2 cm³/mol. The largest absolute Gasteiger partial charge is 0.496 e. The van der Waals surface area contributed by atoms with Gasteiger partial charge in [0.15, 0.2) is 0 Å². The maximum Gasteiger partial charge on any atom is 0.123 e. The van der Waals surface area contributed by atoms with Crippen molar-refractivity contribution in [3.8, 4) is 5.75 Å². The summed E-state index contributed by atoms with van der Waals surface area (Å²) in [5.41, 5.74) is 9.09. The minimum Gasteiger partial charge on any atom is -0.496 e. The summed E-state index contributed by atoms with van der Waals surface area (Å²) in [6.45, 7) is 2.00. The van der Waals surface area contributed by atoms with Gasteiger partial charge in [-0.15, -0.1) is 0 Å². The average molecular weight is 245 g/mol. The van der Waals surface area contributed by atoms with E-state index in [1.165, 1.54) is 12.1 Å². The van der Waals surface area contributed by atoms with Crippen molar-refractivity contribution >= 4 is 0 Å². The number of ether oxygens (including phenoxy) is 1. The Morgan fingerprint density at radius 2 is 1.78 bits per heavy atom. The third kappa shape index (κ3) is 2.51. The Bertz CT molecular complexity index is 537. The number of rotatable bonds is 3. The van der Waals surface area contributed by atoms with E-state index in [4.69, 9.17) is 10.5 Å². The number of halogens is 1. The van der Waals surface area contributed by atoms with E-state index in [1.54, 1.807) is 19.2 Å². The minimum absolute atomic E-state index is 0.262. The molecule has 0 fully saturated rings. The number of benzene rings is 2. The summed E-state index contributed by atoms with van der Waals surface area (Å²) in [7, 11) is 1.62. The van der Waals surface area contributed by atoms with Gasteiger partial charge in [0.05, 0.1) is 13.2 Å². The van der Waals surface area contributed by atoms with Crippen LogP contribution in [0.5, 0.6) is 5.75 Å². The molecule has 2 nitrogen and oxygen atoms in total. The Kier molecular flexibility index (Phi) is 3.63. The van der Waals surface area contributed by atoms with Gasteiger partial charge in [0.25, 0.3) is 0 Å². The smallest absolute Gasteiger partial charge is 0.123 e. The zero-order valence-electron chi connectivity index (χ0n) is 10.5. The molecule has 0 aromatic heterocycles. The van der Waals surface area contributed by atoms with Crippen molar-refractivity contribution in [2.24, 2.45) is 5.73 Å². The summed E-state index contributed by atoms with van der Waals surface area (Å²) in [5, 5.41) is 0. The van der Waals surface area contributed by atoms with Crippen LogP contribution in [0.15, 0.2) is 42.5 Å². The molecule has 0 radical (unpaired) electrons. The highest BCUT2D eigenvalue weighted by Crippen LogP contribution is 2.29. The van der Waals surface area contributed by atoms with Gasteiger partial charge in [-0.25, -0.2) is 4.39 Å². The molecule has 2 N–H and O–H groups in total. The second-order valence-corrected chi connectivity index (χ2v) is 4.27. The lowest BCUT2D eigenvalue weighted by Gasteiger charge is -2.16. The normalized spacial score (nSPS) is 12.2. The molecule has 0 aliphatic heterocycles. The van der Waals surface area contributed by atoms with Gasteiger partial charge in [0.2, 0.25) is 0 Å². The van der Waals surface area contributed by atoms with Crippen molar-refractivity contribution in [3.63, 3.8) is 0 Å². The summed E-state index contributed by atoms with van der Waals surface area (Å²) in [5.74, 6) is 0.486. The van der Waals surface area contributed by atoms with Crippen LogP contribution in [0.1, 0.15) is 22.7 Å². The zero-order valence-corrected chi connectivity index (χ0v) is 10.5. The quantitative estimate of drug-likeness (QED) is 0.901. The lowest BCUT2D eigenvalue weighted by atomic mass is 9.97. The standard InChI is InChI=1S/C15H16FNO/c1-10-3-8-14(18-2)13(9-10)15(17)11-4-6-12(16)7-5-11/h3-9,15H,17H2,1-2H3. The first kappa shape index (κ1) is 12.6. The van der Waals surface area contributed by atoms with E-state index in [0.29, 0.717) is 0 Å². The van der Waals surface area contributed by atoms with Gasteiger partial charge in [-0.2, -0.15) is 0 Å². The maximum atomic E-state index is 12.9. The molecule has 0 saturated heterocycles. The molecular formula is C15H16FNO. The molecule has 0 amide bonds. The first-order valence-electron chi connectivity index (χ1n) is 5.77. The number of hydrogen-bond donors (Lipinski definition) is 1. The Hall–Kier alpha value is -1.87. The fraction of sp³-hybridized carbons (Fsp3) is 0.200. The number of methoxy groups -OCH3 is 1. The van der Waals surface area contributed by atoms with Gasteiger partial charge >= 0.3 is 0 Å². The van der Waals surface area contributed by atoms with Crippen LogP contribution in [0.4, 0.5) is 4.39 Å². The second kappa shape index (κ2) is 5.19. The zero-order chi connectivity index (χ0) is 13.1. The average Bonchev–Trinajstić information content (AvgIpc) is 2.39. The van der Waals surface area contributed by atoms with E-state index in [1.807, 2.05) is 25.1 Å². The molecule has 94 valence electrons. The van der Waals surface area contributed by atoms with Crippen LogP contribution in [-0.2, 0) is 0 Å². The molecule has 2 aromatic carbocycles. The Morgan fingerprint density at radius 3 is 2.39 bits per heavy atom. The van der Waals surface area contributed by atoms with Crippen LogP contribution in [-0.4, -0.2) is 7.11 Å². The Balaban J connectivity index is 2.41. The number of aryl methyl sites for hydroxylation is 1. The third-order valence-corrected chi connectivity index (χ3v) is 2.95. The Labute approximate surface area is 106 Å². The summed E-state index contributed by atoms with van der Waals surface area (Å²) >= 11 is 0. The molecule has 0 spiro atoms. The van der Waals surface area contributed by atoms with Crippen molar-refractivity contribution < 1.29 is 9.13 Å². The molecule has 2 rings (SSSR count). The van der Waals surface area contributed by atoms with Crippen LogP contribution in [0.2, 0.25) is 0 Å². The molecule has 0 bridgehead atoms. The fourth-order valence-electron chi connectivity index (χ4n) is 1.95. The second-order valence-electron chi connectivity index (χ2n) is 4.27. The minimum atomic E-state index is -0.319. The third-order valence-electron chi connectivity index (χ3n) is 2.95. The van der Waals surface area contributed by atoms with E-state index in [2.05, 4.69) is 0 Å². The van der Waals surface area contributed by atoms with Crippen molar-refractivity contribution in [1.82, 2.24) is 0 Å². The lowest BCUT2D eigenvalue weighted by molar-refractivity contribution is 0.407. The summed E-state index contributed by atoms with van der Waals surface area (Å²) < 4.78 is 18.2. The monoisotopic (exact) mass is 245 g/mol. The summed E-state index contributed by atoms with van der Waals surface area (Å²) in [4.78, 5) is 0. The molecule has 0 heterocycles. The number of hydrogen-bond acceptors (Lipinski definition) is 2. The summed E-state index contributed by atoms with van der Waals surface area (Å²) in [6, 6.07) is 11.8. The topological polar surface area (TPSA) is 35.2 Å². The highest BCUT2D eigenvalue weighted by molar-refractivity contribution is 5.43. The van der Waals surface area contributed by atoms with Crippen molar-refractivity contribution in [3.05, 3.63) is 65.0 Å². The van der Waals surface area contributed by atoms with Crippen LogP contribution in [0.25, 0.3) is 0 Å². The Morgan fingerprint density at radius 1 is 1.11 bits per heavy atom. The predicted octanol–water partition coefficient (Wildman–Crippen LogP) is 3.19. The highest BCUT2D eigenvalue weighted by atomic mass is 19.1. The van der Waals surface area contributed by atoms with Crippen LogP contribution >= 0.6 is 0 Å². The molecule has 1 unspecified atom stereocenters. The van der Waals surface area contributed by atoms with Gasteiger partial charge < -0.3 is 10.5 Å². The molecular weight excluding hydrogens is 229 g/mol. The SMILES string of the molecule is COc1ccc(C)cc1C(N)c1ccc(F)cc1. The van der Waals surface area contributed by atoms with E-state index < -0.39 is 0 Å². The van der Waals surface area contributed by atoms with Gasteiger partial charge in [0, 0.05) is 5.56 Å². The first-order valence-corrected chi connectivity index (χ1v) is 5.77. The van der Waals surface area contributed by atoms with Crippen molar-refractivity contribution in [2.45, 2.75) is 13.0 Å². The van der Waals surface area contributed by atoms with Gasteiger partial charge in [-0.3, -0.25) is 0 Å². The molecule has 0 aliphatic carbocycles. The molecule has 18 heavy (non-hydrogen) atoms. The molecule has 3 heteroatoms. The summed E-state index contributed by atoms with van der Waals surface area (Å²) in [6.07, 6.45) is 0. The molecule has 0 saturated carbocycles. The van der Waals surface area contributed by atoms with Gasteiger partial charge in [-0.1, -0.05) is 29.8 Å². The van der Waals surface area contributed by atoms with Crippen LogP contribution in [0.3, 0.4) is 0 Å². The van der Waals surface area contributed by atoms with E-state index >= 15 is 0 Å².